The number of benzene rings is 2. The van der Waals surface area contributed by atoms with E-state index >= 15 is 0 Å². The molecule has 0 radical (unpaired) electrons. The third-order valence-electron chi connectivity index (χ3n) is 5.49. The van der Waals surface area contributed by atoms with E-state index in [4.69, 9.17) is 9.72 Å². The number of pyridine rings is 1. The molecule has 0 fully saturated rings. The zero-order chi connectivity index (χ0) is 19.8. The van der Waals surface area contributed by atoms with E-state index in [0.29, 0.717) is 24.4 Å². The monoisotopic (exact) mass is 383 g/mol. The summed E-state index contributed by atoms with van der Waals surface area (Å²) in [4.78, 5) is 17.1. The van der Waals surface area contributed by atoms with Gasteiger partial charge in [-0.05, 0) is 30.2 Å². The van der Waals surface area contributed by atoms with Crippen molar-refractivity contribution >= 4 is 16.9 Å². The quantitative estimate of drug-likeness (QED) is 0.498. The Morgan fingerprint density at radius 1 is 1.07 bits per heavy atom. The summed E-state index contributed by atoms with van der Waals surface area (Å²) in [6, 6.07) is 21.8. The number of nitrogens with zero attached hydrogens (tertiary/aromatic N) is 2. The molecule has 5 heteroatoms. The molecule has 2 aromatic heterocycles. The van der Waals surface area contributed by atoms with Crippen LogP contribution in [0.5, 0.6) is 5.88 Å². The van der Waals surface area contributed by atoms with E-state index in [-0.39, 0.29) is 5.91 Å². The maximum atomic E-state index is 12.4. The van der Waals surface area contributed by atoms with Crippen LogP contribution in [0.4, 0.5) is 0 Å². The van der Waals surface area contributed by atoms with E-state index in [0.717, 1.165) is 23.1 Å². The molecule has 1 aliphatic rings. The maximum Gasteiger partial charge on any atom is 0.251 e. The van der Waals surface area contributed by atoms with Gasteiger partial charge in [-0.2, -0.15) is 0 Å². The maximum absolute atomic E-state index is 12.4. The zero-order valence-electron chi connectivity index (χ0n) is 16.2. The Bertz CT molecular complexity index is 1210. The molecule has 144 valence electrons. The second-order valence-electron chi connectivity index (χ2n) is 7.16. The SMILES string of the molecule is COc1ccc2c(n1)c(CCNC(=O)c1ccccc1)c1n2Cc2ccccc2-1. The number of hydrogen-bond acceptors (Lipinski definition) is 3. The Morgan fingerprint density at radius 3 is 2.69 bits per heavy atom. The van der Waals surface area contributed by atoms with Crippen molar-refractivity contribution in [3.8, 4) is 17.1 Å². The topological polar surface area (TPSA) is 56.1 Å². The van der Waals surface area contributed by atoms with E-state index in [2.05, 4.69) is 40.2 Å². The number of ether oxygens (including phenoxy) is 1. The van der Waals surface area contributed by atoms with Crippen LogP contribution in [0.25, 0.3) is 22.3 Å². The number of nitrogens with one attached hydrogen (secondary N) is 1. The van der Waals surface area contributed by atoms with Crippen molar-refractivity contribution in [3.05, 3.63) is 83.4 Å². The van der Waals surface area contributed by atoms with Crippen molar-refractivity contribution in [3.63, 3.8) is 0 Å². The highest BCUT2D eigenvalue weighted by atomic mass is 16.5. The fourth-order valence-electron chi connectivity index (χ4n) is 4.14. The number of methoxy groups -OCH3 is 1. The van der Waals surface area contributed by atoms with Crippen LogP contribution < -0.4 is 10.1 Å². The van der Waals surface area contributed by atoms with Gasteiger partial charge in [0.25, 0.3) is 5.91 Å². The molecule has 0 aliphatic carbocycles. The van der Waals surface area contributed by atoms with Gasteiger partial charge in [0, 0.05) is 35.8 Å². The molecule has 2 aromatic carbocycles. The third kappa shape index (κ3) is 2.95. The van der Waals surface area contributed by atoms with E-state index < -0.39 is 0 Å². The number of rotatable bonds is 5. The molecule has 5 nitrogen and oxygen atoms in total. The lowest BCUT2D eigenvalue weighted by Crippen LogP contribution is -2.25. The molecule has 0 saturated heterocycles. The molecule has 0 saturated carbocycles. The Hall–Kier alpha value is -3.60. The van der Waals surface area contributed by atoms with Gasteiger partial charge in [-0.1, -0.05) is 42.5 Å². The Morgan fingerprint density at radius 2 is 1.86 bits per heavy atom. The van der Waals surface area contributed by atoms with Crippen molar-refractivity contribution in [2.75, 3.05) is 13.7 Å². The van der Waals surface area contributed by atoms with Crippen molar-refractivity contribution in [1.82, 2.24) is 14.9 Å². The highest BCUT2D eigenvalue weighted by Gasteiger charge is 2.26. The second kappa shape index (κ2) is 7.09. The van der Waals surface area contributed by atoms with Crippen molar-refractivity contribution in [2.45, 2.75) is 13.0 Å². The van der Waals surface area contributed by atoms with Gasteiger partial charge in [0.1, 0.15) is 0 Å². The van der Waals surface area contributed by atoms with Crippen molar-refractivity contribution in [1.29, 1.82) is 0 Å². The first-order valence-electron chi connectivity index (χ1n) is 9.74. The first kappa shape index (κ1) is 17.5. The highest BCUT2D eigenvalue weighted by Crippen LogP contribution is 2.41. The average Bonchev–Trinajstić information content (AvgIpc) is 3.29. The van der Waals surface area contributed by atoms with Crippen molar-refractivity contribution < 1.29 is 9.53 Å². The molecule has 4 aromatic rings. The van der Waals surface area contributed by atoms with Crippen LogP contribution in [0.15, 0.2) is 66.7 Å². The number of aromatic nitrogens is 2. The lowest BCUT2D eigenvalue weighted by Gasteiger charge is -2.07. The standard InChI is InChI=1S/C24H21N3O2/c1-29-21-12-11-20-22(26-21)19(13-14-25-24(28)16-7-3-2-4-8-16)23-18-10-6-5-9-17(18)15-27(20)23/h2-12H,13-15H2,1H3,(H,25,28). The number of carbonyl (C=O) groups excluding carboxylic acids is 1. The second-order valence-corrected chi connectivity index (χ2v) is 7.16. The van der Waals surface area contributed by atoms with Crippen LogP contribution in [0.2, 0.25) is 0 Å². The fourth-order valence-corrected chi connectivity index (χ4v) is 4.14. The van der Waals surface area contributed by atoms with Crippen LogP contribution in [-0.2, 0) is 13.0 Å². The van der Waals surface area contributed by atoms with Gasteiger partial charge < -0.3 is 14.6 Å². The molecule has 0 atom stereocenters. The van der Waals surface area contributed by atoms with Crippen molar-refractivity contribution in [2.24, 2.45) is 0 Å². The fraction of sp³-hybridized carbons (Fsp3) is 0.167. The number of hydrogen-bond donors (Lipinski definition) is 1. The summed E-state index contributed by atoms with van der Waals surface area (Å²) in [5.74, 6) is 0.543. The van der Waals surface area contributed by atoms with E-state index in [1.54, 1.807) is 7.11 Å². The summed E-state index contributed by atoms with van der Waals surface area (Å²) < 4.78 is 7.68. The lowest BCUT2D eigenvalue weighted by atomic mass is 10.0. The van der Waals surface area contributed by atoms with Gasteiger partial charge in [-0.3, -0.25) is 4.79 Å². The van der Waals surface area contributed by atoms with Gasteiger partial charge in [0.05, 0.1) is 23.8 Å². The minimum Gasteiger partial charge on any atom is -0.481 e. The van der Waals surface area contributed by atoms with Crippen LogP contribution in [0, 0.1) is 0 Å². The number of fused-ring (bicyclic) bond motifs is 5. The van der Waals surface area contributed by atoms with Gasteiger partial charge >= 0.3 is 0 Å². The molecule has 1 aliphatic heterocycles. The Labute approximate surface area is 169 Å². The summed E-state index contributed by atoms with van der Waals surface area (Å²) in [5.41, 5.74) is 7.62. The van der Waals surface area contributed by atoms with E-state index in [9.17, 15) is 4.79 Å². The summed E-state index contributed by atoms with van der Waals surface area (Å²) in [5, 5.41) is 3.04. The van der Waals surface area contributed by atoms with Crippen LogP contribution in [-0.4, -0.2) is 29.1 Å². The van der Waals surface area contributed by atoms with Gasteiger partial charge in [0.15, 0.2) is 0 Å². The largest absolute Gasteiger partial charge is 0.481 e. The van der Waals surface area contributed by atoms with Crippen LogP contribution >= 0.6 is 0 Å². The zero-order valence-corrected chi connectivity index (χ0v) is 16.2. The lowest BCUT2D eigenvalue weighted by molar-refractivity contribution is 0.0954. The Balaban J connectivity index is 1.50. The van der Waals surface area contributed by atoms with E-state index in [1.807, 2.05) is 36.4 Å². The molecule has 5 rings (SSSR count). The molecule has 1 amide bonds. The molecular formula is C24H21N3O2. The number of carbonyl (C=O) groups is 1. The highest BCUT2D eigenvalue weighted by molar-refractivity contribution is 5.94. The molecular weight excluding hydrogens is 362 g/mol. The molecule has 0 bridgehead atoms. The summed E-state index contributed by atoms with van der Waals surface area (Å²) in [7, 11) is 1.63. The molecule has 1 N–H and O–H groups in total. The van der Waals surface area contributed by atoms with E-state index in [1.165, 1.54) is 16.8 Å². The van der Waals surface area contributed by atoms with Gasteiger partial charge in [-0.15, -0.1) is 0 Å². The van der Waals surface area contributed by atoms with Crippen LogP contribution in [0.3, 0.4) is 0 Å². The predicted octanol–water partition coefficient (Wildman–Crippen LogP) is 4.05. The smallest absolute Gasteiger partial charge is 0.251 e. The first-order valence-corrected chi connectivity index (χ1v) is 9.74. The molecule has 0 unspecified atom stereocenters. The minimum absolute atomic E-state index is 0.0586. The van der Waals surface area contributed by atoms with Gasteiger partial charge in [-0.25, -0.2) is 4.98 Å². The minimum atomic E-state index is -0.0586. The normalized spacial score (nSPS) is 11.9. The number of amides is 1. The first-order chi connectivity index (χ1) is 14.3. The Kier molecular flexibility index (Phi) is 4.28. The predicted molar refractivity (Wildman–Crippen MR) is 113 cm³/mol. The summed E-state index contributed by atoms with van der Waals surface area (Å²) in [6.07, 6.45) is 0.700. The van der Waals surface area contributed by atoms with Gasteiger partial charge in [0.2, 0.25) is 5.88 Å². The third-order valence-corrected chi connectivity index (χ3v) is 5.49. The molecule has 0 spiro atoms. The van der Waals surface area contributed by atoms with Crippen LogP contribution in [0.1, 0.15) is 21.5 Å². The summed E-state index contributed by atoms with van der Waals surface area (Å²) in [6.45, 7) is 1.38. The molecule has 3 heterocycles. The average molecular weight is 383 g/mol. The molecule has 29 heavy (non-hydrogen) atoms. The summed E-state index contributed by atoms with van der Waals surface area (Å²) >= 11 is 0.